The molecule has 220 valence electrons. The lowest BCUT2D eigenvalue weighted by Gasteiger charge is -2.19. The minimum atomic E-state index is 0.935. The summed E-state index contributed by atoms with van der Waals surface area (Å²) in [6, 6.07) is 53.3. The molecular weight excluding hydrogens is 569 g/mol. The van der Waals surface area contributed by atoms with Crippen molar-refractivity contribution >= 4 is 60.3 Å². The standard InChI is InChI=1S/C46H30O/c1-2-12-29(13-3-1)32-24-25-34-33(26-32)16-10-21-35(34)44-36-17-6-8-19-38(36)45(39-20-9-7-18-37(39)44)40-22-11-23-42-46(40)41-27-30-14-4-5-15-31(30)28-43(41)47-42/h1-3,5-13,15-28H,4,14H2. The average molecular weight is 599 g/mol. The molecule has 0 radical (unpaired) electrons. The highest BCUT2D eigenvalue weighted by atomic mass is 16.3. The largest absolute Gasteiger partial charge is 0.456 e. The van der Waals surface area contributed by atoms with Crippen molar-refractivity contribution in [2.45, 2.75) is 12.8 Å². The van der Waals surface area contributed by atoms with E-state index in [-0.39, 0.29) is 0 Å². The van der Waals surface area contributed by atoms with Crippen LogP contribution in [0.2, 0.25) is 0 Å². The summed E-state index contributed by atoms with van der Waals surface area (Å²) in [5, 5.41) is 9.92. The van der Waals surface area contributed by atoms with Crippen LogP contribution in [-0.4, -0.2) is 0 Å². The van der Waals surface area contributed by atoms with Crippen LogP contribution in [0.15, 0.2) is 156 Å². The van der Waals surface area contributed by atoms with E-state index in [1.807, 2.05) is 0 Å². The van der Waals surface area contributed by atoms with E-state index in [2.05, 4.69) is 158 Å². The quantitative estimate of drug-likeness (QED) is 0.184. The molecule has 1 aliphatic carbocycles. The Labute approximate surface area is 273 Å². The monoisotopic (exact) mass is 598 g/mol. The second kappa shape index (κ2) is 10.3. The molecule has 1 aliphatic rings. The molecule has 0 aliphatic heterocycles. The summed E-state index contributed by atoms with van der Waals surface area (Å²) in [5.41, 5.74) is 12.0. The molecule has 0 bridgehead atoms. The molecule has 8 aromatic carbocycles. The second-order valence-electron chi connectivity index (χ2n) is 12.7. The van der Waals surface area contributed by atoms with Crippen molar-refractivity contribution in [1.29, 1.82) is 0 Å². The van der Waals surface area contributed by atoms with Gasteiger partial charge >= 0.3 is 0 Å². The van der Waals surface area contributed by atoms with Gasteiger partial charge in [0.05, 0.1) is 0 Å². The first-order chi connectivity index (χ1) is 23.3. The molecule has 0 amide bonds. The number of fused-ring (bicyclic) bond motifs is 7. The molecule has 1 aromatic heterocycles. The Morgan fingerprint density at radius 1 is 0.447 bits per heavy atom. The number of benzene rings is 8. The lowest BCUT2D eigenvalue weighted by molar-refractivity contribution is 0.668. The van der Waals surface area contributed by atoms with Crippen LogP contribution in [0.25, 0.3) is 93.7 Å². The summed E-state index contributed by atoms with van der Waals surface area (Å²) in [7, 11) is 0. The fourth-order valence-corrected chi connectivity index (χ4v) is 7.98. The van der Waals surface area contributed by atoms with Gasteiger partial charge in [-0.1, -0.05) is 133 Å². The van der Waals surface area contributed by atoms with Gasteiger partial charge in [-0.2, -0.15) is 0 Å². The fourth-order valence-electron chi connectivity index (χ4n) is 7.98. The van der Waals surface area contributed by atoms with Crippen molar-refractivity contribution in [3.8, 4) is 33.4 Å². The highest BCUT2D eigenvalue weighted by Crippen LogP contribution is 2.48. The Bertz CT molecular complexity index is 2670. The van der Waals surface area contributed by atoms with Crippen molar-refractivity contribution in [1.82, 2.24) is 0 Å². The second-order valence-corrected chi connectivity index (χ2v) is 12.7. The van der Waals surface area contributed by atoms with Crippen molar-refractivity contribution in [2.24, 2.45) is 0 Å². The number of rotatable bonds is 3. The van der Waals surface area contributed by atoms with E-state index in [4.69, 9.17) is 4.42 Å². The van der Waals surface area contributed by atoms with Gasteiger partial charge in [0.1, 0.15) is 11.2 Å². The Balaban J connectivity index is 1.28. The Morgan fingerprint density at radius 3 is 1.89 bits per heavy atom. The fraction of sp³-hybridized carbons (Fsp3) is 0.0435. The van der Waals surface area contributed by atoms with Crippen molar-refractivity contribution in [3.05, 3.63) is 163 Å². The number of hydrogen-bond acceptors (Lipinski definition) is 1. The van der Waals surface area contributed by atoms with Gasteiger partial charge in [0.15, 0.2) is 0 Å². The maximum absolute atomic E-state index is 6.55. The van der Waals surface area contributed by atoms with Crippen LogP contribution in [0.3, 0.4) is 0 Å². The van der Waals surface area contributed by atoms with Gasteiger partial charge in [-0.15, -0.1) is 0 Å². The first-order valence-electron chi connectivity index (χ1n) is 16.5. The third-order valence-corrected chi connectivity index (χ3v) is 10.1. The molecule has 1 heterocycles. The van der Waals surface area contributed by atoms with Crippen LogP contribution in [0.5, 0.6) is 0 Å². The van der Waals surface area contributed by atoms with Crippen LogP contribution < -0.4 is 0 Å². The van der Waals surface area contributed by atoms with Gasteiger partial charge in [-0.25, -0.2) is 0 Å². The summed E-state index contributed by atoms with van der Waals surface area (Å²) in [6.45, 7) is 0. The lowest BCUT2D eigenvalue weighted by atomic mass is 9.83. The van der Waals surface area contributed by atoms with Crippen LogP contribution in [0, 0.1) is 0 Å². The maximum atomic E-state index is 6.55. The molecule has 0 spiro atoms. The normalized spacial score (nSPS) is 12.9. The van der Waals surface area contributed by atoms with Gasteiger partial charge in [-0.3, -0.25) is 0 Å². The van der Waals surface area contributed by atoms with Crippen LogP contribution in [0.1, 0.15) is 17.5 Å². The average Bonchev–Trinajstić information content (AvgIpc) is 3.50. The van der Waals surface area contributed by atoms with E-state index in [0.717, 1.165) is 24.0 Å². The minimum Gasteiger partial charge on any atom is -0.456 e. The molecule has 1 heteroatoms. The number of aryl methyl sites for hydroxylation is 1. The topological polar surface area (TPSA) is 13.1 Å². The lowest BCUT2D eigenvalue weighted by Crippen LogP contribution is -1.93. The van der Waals surface area contributed by atoms with E-state index >= 15 is 0 Å². The first kappa shape index (κ1) is 26.3. The molecule has 0 atom stereocenters. The molecule has 9 aromatic rings. The van der Waals surface area contributed by atoms with E-state index in [9.17, 15) is 0 Å². The first-order valence-corrected chi connectivity index (χ1v) is 16.5. The van der Waals surface area contributed by atoms with Gasteiger partial charge in [0, 0.05) is 10.8 Å². The zero-order valence-electron chi connectivity index (χ0n) is 25.8. The minimum absolute atomic E-state index is 0.935. The third kappa shape index (κ3) is 4.03. The molecule has 0 saturated heterocycles. The van der Waals surface area contributed by atoms with E-state index in [1.165, 1.54) is 87.6 Å². The molecule has 1 nitrogen and oxygen atoms in total. The molecule has 10 rings (SSSR count). The van der Waals surface area contributed by atoms with Crippen molar-refractivity contribution in [2.75, 3.05) is 0 Å². The van der Waals surface area contributed by atoms with Crippen molar-refractivity contribution < 1.29 is 4.42 Å². The SMILES string of the molecule is C1=Cc2cc3oc4cccc(-c5c6ccccc6c(-c6cccc7cc(-c8ccccc8)ccc67)c6ccccc56)c4c3cc2CC1. The summed E-state index contributed by atoms with van der Waals surface area (Å²) in [4.78, 5) is 0. The molecule has 0 saturated carbocycles. The highest BCUT2D eigenvalue weighted by Gasteiger charge is 2.22. The molecule has 0 N–H and O–H groups in total. The molecular formula is C46H30O. The van der Waals surface area contributed by atoms with Crippen LogP contribution in [0.4, 0.5) is 0 Å². The number of allylic oxidation sites excluding steroid dienone is 1. The van der Waals surface area contributed by atoms with Crippen LogP contribution in [-0.2, 0) is 6.42 Å². The number of furan rings is 1. The molecule has 0 unspecified atom stereocenters. The van der Waals surface area contributed by atoms with Gasteiger partial charge < -0.3 is 4.42 Å². The smallest absolute Gasteiger partial charge is 0.136 e. The zero-order chi connectivity index (χ0) is 30.9. The third-order valence-electron chi connectivity index (χ3n) is 10.1. The Morgan fingerprint density at radius 2 is 1.13 bits per heavy atom. The number of hydrogen-bond donors (Lipinski definition) is 0. The summed E-state index contributed by atoms with van der Waals surface area (Å²) in [5.74, 6) is 0. The highest BCUT2D eigenvalue weighted by molar-refractivity contribution is 6.27. The van der Waals surface area contributed by atoms with Crippen LogP contribution >= 0.6 is 0 Å². The summed E-state index contributed by atoms with van der Waals surface area (Å²) < 4.78 is 6.55. The zero-order valence-corrected chi connectivity index (χ0v) is 25.8. The molecule has 47 heavy (non-hydrogen) atoms. The van der Waals surface area contributed by atoms with Crippen molar-refractivity contribution in [3.63, 3.8) is 0 Å². The van der Waals surface area contributed by atoms with E-state index in [0.29, 0.717) is 0 Å². The van der Waals surface area contributed by atoms with Gasteiger partial charge in [0.25, 0.3) is 0 Å². The Hall–Kier alpha value is -5.92. The summed E-state index contributed by atoms with van der Waals surface area (Å²) >= 11 is 0. The molecule has 0 fully saturated rings. The van der Waals surface area contributed by atoms with E-state index < -0.39 is 0 Å². The van der Waals surface area contributed by atoms with E-state index in [1.54, 1.807) is 0 Å². The van der Waals surface area contributed by atoms with Gasteiger partial charge in [0.2, 0.25) is 0 Å². The Kier molecular flexibility index (Phi) is 5.77. The van der Waals surface area contributed by atoms with Gasteiger partial charge in [-0.05, 0) is 114 Å². The predicted octanol–water partition coefficient (Wildman–Crippen LogP) is 13.0. The maximum Gasteiger partial charge on any atom is 0.136 e. The summed E-state index contributed by atoms with van der Waals surface area (Å²) in [6.07, 6.45) is 6.65. The predicted molar refractivity (Wildman–Crippen MR) is 200 cm³/mol.